The number of carbonyl (C=O) groups excluding carboxylic acids is 1. The van der Waals surface area contributed by atoms with Crippen molar-refractivity contribution in [3.8, 4) is 0 Å². The van der Waals surface area contributed by atoms with Crippen LogP contribution in [0.5, 0.6) is 0 Å². The molecule has 0 unspecified atom stereocenters. The molecular weight excluding hydrogens is 310 g/mol. The van der Waals surface area contributed by atoms with Gasteiger partial charge in [0, 0.05) is 38.6 Å². The highest BCUT2D eigenvalue weighted by molar-refractivity contribution is 5.76. The predicted octanol–water partition coefficient (Wildman–Crippen LogP) is 3.13. The third kappa shape index (κ3) is 5.43. The minimum Gasteiger partial charge on any atom is -0.340 e. The van der Waals surface area contributed by atoms with Crippen molar-refractivity contribution in [3.63, 3.8) is 0 Å². The zero-order chi connectivity index (χ0) is 17.6. The molecule has 2 heterocycles. The third-order valence-corrected chi connectivity index (χ3v) is 7.09. The highest BCUT2D eigenvalue weighted by Crippen LogP contribution is 2.32. The molecule has 0 aromatic carbocycles. The van der Waals surface area contributed by atoms with E-state index in [-0.39, 0.29) is 0 Å². The second-order valence-electron chi connectivity index (χ2n) is 8.96. The summed E-state index contributed by atoms with van der Waals surface area (Å²) in [5.41, 5.74) is 0. The van der Waals surface area contributed by atoms with Crippen molar-refractivity contribution >= 4 is 5.91 Å². The molecule has 0 radical (unpaired) electrons. The molecule has 144 valence electrons. The third-order valence-electron chi connectivity index (χ3n) is 7.09. The minimum atomic E-state index is 0.404. The SMILES string of the molecule is CC(C)C1CCC(N2CCN(C(=O)CCC3CCNCC3)CC2)CC1. The lowest BCUT2D eigenvalue weighted by Crippen LogP contribution is -2.52. The molecule has 2 aliphatic heterocycles. The first kappa shape index (κ1) is 19.2. The Morgan fingerprint density at radius 3 is 2.20 bits per heavy atom. The molecule has 25 heavy (non-hydrogen) atoms. The highest BCUT2D eigenvalue weighted by atomic mass is 16.2. The number of piperidine rings is 1. The molecule has 0 aromatic heterocycles. The van der Waals surface area contributed by atoms with Crippen LogP contribution in [0.2, 0.25) is 0 Å². The lowest BCUT2D eigenvalue weighted by molar-refractivity contribution is -0.133. The molecule has 0 atom stereocenters. The number of hydrogen-bond acceptors (Lipinski definition) is 3. The van der Waals surface area contributed by atoms with E-state index in [0.717, 1.165) is 75.9 Å². The first-order valence-corrected chi connectivity index (χ1v) is 10.9. The van der Waals surface area contributed by atoms with Crippen LogP contribution in [0, 0.1) is 17.8 Å². The van der Waals surface area contributed by atoms with Crippen molar-refractivity contribution in [2.75, 3.05) is 39.3 Å². The van der Waals surface area contributed by atoms with Crippen molar-refractivity contribution in [2.24, 2.45) is 17.8 Å². The maximum atomic E-state index is 12.5. The molecule has 1 amide bonds. The lowest BCUT2D eigenvalue weighted by atomic mass is 9.79. The topological polar surface area (TPSA) is 35.6 Å². The first-order valence-electron chi connectivity index (χ1n) is 10.9. The summed E-state index contributed by atoms with van der Waals surface area (Å²) in [5, 5.41) is 3.41. The van der Waals surface area contributed by atoms with Gasteiger partial charge in [0.2, 0.25) is 5.91 Å². The summed E-state index contributed by atoms with van der Waals surface area (Å²) in [6.45, 7) is 11.1. The largest absolute Gasteiger partial charge is 0.340 e. The number of hydrogen-bond donors (Lipinski definition) is 1. The van der Waals surface area contributed by atoms with Gasteiger partial charge in [0.05, 0.1) is 0 Å². The molecule has 4 heteroatoms. The summed E-state index contributed by atoms with van der Waals surface area (Å²) < 4.78 is 0. The Labute approximate surface area is 154 Å². The van der Waals surface area contributed by atoms with Gasteiger partial charge in [-0.3, -0.25) is 9.69 Å². The molecule has 1 aliphatic carbocycles. The number of nitrogens with one attached hydrogen (secondary N) is 1. The van der Waals surface area contributed by atoms with Gasteiger partial charge in [-0.1, -0.05) is 13.8 Å². The molecule has 3 rings (SSSR count). The summed E-state index contributed by atoms with van der Waals surface area (Å²) in [6, 6.07) is 0.780. The lowest BCUT2D eigenvalue weighted by Gasteiger charge is -2.42. The fraction of sp³-hybridized carbons (Fsp3) is 0.952. The van der Waals surface area contributed by atoms with Gasteiger partial charge in [0.25, 0.3) is 0 Å². The summed E-state index contributed by atoms with van der Waals surface area (Å²) >= 11 is 0. The molecule has 1 saturated carbocycles. The van der Waals surface area contributed by atoms with E-state index in [1.54, 1.807) is 0 Å². The van der Waals surface area contributed by atoms with Crippen LogP contribution in [0.15, 0.2) is 0 Å². The number of rotatable bonds is 5. The van der Waals surface area contributed by atoms with E-state index in [0.29, 0.717) is 5.91 Å². The van der Waals surface area contributed by atoms with E-state index in [9.17, 15) is 4.79 Å². The number of carbonyl (C=O) groups is 1. The fourth-order valence-corrected chi connectivity index (χ4v) is 5.13. The average Bonchev–Trinajstić information content (AvgIpc) is 2.67. The molecule has 2 saturated heterocycles. The maximum absolute atomic E-state index is 12.5. The monoisotopic (exact) mass is 349 g/mol. The van der Waals surface area contributed by atoms with Crippen molar-refractivity contribution in [1.29, 1.82) is 0 Å². The number of amides is 1. The Morgan fingerprint density at radius 2 is 1.60 bits per heavy atom. The van der Waals surface area contributed by atoms with E-state index < -0.39 is 0 Å². The van der Waals surface area contributed by atoms with Crippen LogP contribution in [0.4, 0.5) is 0 Å². The van der Waals surface area contributed by atoms with Crippen molar-refractivity contribution in [2.45, 2.75) is 71.3 Å². The smallest absolute Gasteiger partial charge is 0.222 e. The van der Waals surface area contributed by atoms with Crippen LogP contribution in [-0.2, 0) is 4.79 Å². The normalized spacial score (nSPS) is 30.0. The second kappa shape index (κ2) is 9.36. The minimum absolute atomic E-state index is 0.404. The van der Waals surface area contributed by atoms with E-state index in [4.69, 9.17) is 0 Å². The maximum Gasteiger partial charge on any atom is 0.222 e. The zero-order valence-corrected chi connectivity index (χ0v) is 16.5. The highest BCUT2D eigenvalue weighted by Gasteiger charge is 2.30. The Bertz CT molecular complexity index is 403. The second-order valence-corrected chi connectivity index (χ2v) is 8.96. The predicted molar refractivity (Wildman–Crippen MR) is 104 cm³/mol. The molecule has 4 nitrogen and oxygen atoms in total. The zero-order valence-electron chi connectivity index (χ0n) is 16.5. The molecule has 3 aliphatic rings. The summed E-state index contributed by atoms with van der Waals surface area (Å²) in [6.07, 6.45) is 9.90. The average molecular weight is 350 g/mol. The van der Waals surface area contributed by atoms with E-state index in [2.05, 4.69) is 29.0 Å². The molecule has 0 aromatic rings. The van der Waals surface area contributed by atoms with Crippen LogP contribution in [-0.4, -0.2) is 61.0 Å². The van der Waals surface area contributed by atoms with Crippen LogP contribution < -0.4 is 5.32 Å². The Morgan fingerprint density at radius 1 is 0.960 bits per heavy atom. The van der Waals surface area contributed by atoms with Crippen LogP contribution in [0.3, 0.4) is 0 Å². The number of piperazine rings is 1. The van der Waals surface area contributed by atoms with Gasteiger partial charge < -0.3 is 10.2 Å². The Kier molecular flexibility index (Phi) is 7.18. The van der Waals surface area contributed by atoms with Crippen molar-refractivity contribution in [1.82, 2.24) is 15.1 Å². The van der Waals surface area contributed by atoms with E-state index >= 15 is 0 Å². The van der Waals surface area contributed by atoms with Crippen LogP contribution in [0.1, 0.15) is 65.2 Å². The molecule has 0 bridgehead atoms. The van der Waals surface area contributed by atoms with Gasteiger partial charge in [-0.2, -0.15) is 0 Å². The van der Waals surface area contributed by atoms with Crippen molar-refractivity contribution in [3.05, 3.63) is 0 Å². The van der Waals surface area contributed by atoms with Gasteiger partial charge >= 0.3 is 0 Å². The molecule has 0 spiro atoms. The first-order chi connectivity index (χ1) is 12.1. The quantitative estimate of drug-likeness (QED) is 0.828. The molecule has 3 fully saturated rings. The van der Waals surface area contributed by atoms with Crippen LogP contribution in [0.25, 0.3) is 0 Å². The van der Waals surface area contributed by atoms with E-state index in [1.807, 2.05) is 0 Å². The Balaban J connectivity index is 1.34. The number of nitrogens with zero attached hydrogens (tertiary/aromatic N) is 2. The summed E-state index contributed by atoms with van der Waals surface area (Å²) in [7, 11) is 0. The summed E-state index contributed by atoms with van der Waals surface area (Å²) in [5.74, 6) is 2.95. The fourth-order valence-electron chi connectivity index (χ4n) is 5.13. The van der Waals surface area contributed by atoms with Gasteiger partial charge in [0.15, 0.2) is 0 Å². The van der Waals surface area contributed by atoms with Gasteiger partial charge in [-0.05, 0) is 75.8 Å². The molecular formula is C21H39N3O. The van der Waals surface area contributed by atoms with Gasteiger partial charge in [-0.25, -0.2) is 0 Å². The van der Waals surface area contributed by atoms with E-state index in [1.165, 1.54) is 38.5 Å². The standard InChI is InChI=1S/C21H39N3O/c1-17(2)19-4-6-20(7-5-19)23-13-15-24(16-14-23)21(25)8-3-18-9-11-22-12-10-18/h17-20,22H,3-16H2,1-2H3. The van der Waals surface area contributed by atoms with Crippen LogP contribution >= 0.6 is 0 Å². The molecule has 1 N–H and O–H groups in total. The summed E-state index contributed by atoms with van der Waals surface area (Å²) in [4.78, 5) is 17.3. The van der Waals surface area contributed by atoms with Crippen molar-refractivity contribution < 1.29 is 4.79 Å². The Hall–Kier alpha value is -0.610. The van der Waals surface area contributed by atoms with Gasteiger partial charge in [-0.15, -0.1) is 0 Å². The van der Waals surface area contributed by atoms with Gasteiger partial charge in [0.1, 0.15) is 0 Å².